The van der Waals surface area contributed by atoms with E-state index in [2.05, 4.69) is 4.98 Å². The third-order valence-corrected chi connectivity index (χ3v) is 2.97. The summed E-state index contributed by atoms with van der Waals surface area (Å²) < 4.78 is 13.3. The van der Waals surface area contributed by atoms with Gasteiger partial charge in [-0.2, -0.15) is 0 Å². The SMILES string of the molecule is Cc1nc(-c2cc(C)c(F)c(N)c2)cs1. The lowest BCUT2D eigenvalue weighted by Gasteiger charge is -2.04. The maximum atomic E-state index is 13.3. The molecule has 0 atom stereocenters. The number of halogens is 1. The summed E-state index contributed by atoms with van der Waals surface area (Å²) in [5, 5.41) is 2.94. The lowest BCUT2D eigenvalue weighted by Crippen LogP contribution is -1.94. The van der Waals surface area contributed by atoms with Crippen molar-refractivity contribution in [2.45, 2.75) is 13.8 Å². The Morgan fingerprint density at radius 1 is 1.33 bits per heavy atom. The van der Waals surface area contributed by atoms with Crippen molar-refractivity contribution in [1.29, 1.82) is 0 Å². The minimum atomic E-state index is -0.342. The summed E-state index contributed by atoms with van der Waals surface area (Å²) in [4.78, 5) is 4.33. The van der Waals surface area contributed by atoms with Crippen LogP contribution in [0.2, 0.25) is 0 Å². The Morgan fingerprint density at radius 2 is 2.07 bits per heavy atom. The van der Waals surface area contributed by atoms with E-state index in [0.717, 1.165) is 16.3 Å². The molecular formula is C11H11FN2S. The number of rotatable bonds is 1. The fourth-order valence-electron chi connectivity index (χ4n) is 1.44. The Kier molecular flexibility index (Phi) is 2.44. The van der Waals surface area contributed by atoms with Crippen LogP contribution in [-0.2, 0) is 0 Å². The fraction of sp³-hybridized carbons (Fsp3) is 0.182. The number of nitrogens with two attached hydrogens (primary N) is 1. The van der Waals surface area contributed by atoms with Crippen LogP contribution < -0.4 is 5.73 Å². The molecule has 0 radical (unpaired) electrons. The smallest absolute Gasteiger partial charge is 0.149 e. The molecule has 1 heterocycles. The topological polar surface area (TPSA) is 38.9 Å². The molecular weight excluding hydrogens is 211 g/mol. The lowest BCUT2D eigenvalue weighted by atomic mass is 10.1. The number of anilines is 1. The molecule has 4 heteroatoms. The van der Waals surface area contributed by atoms with Crippen molar-refractivity contribution in [2.75, 3.05) is 5.73 Å². The Hall–Kier alpha value is -1.42. The number of thiazole rings is 1. The van der Waals surface area contributed by atoms with Crippen molar-refractivity contribution in [1.82, 2.24) is 4.98 Å². The molecule has 2 N–H and O–H groups in total. The molecule has 0 unspecified atom stereocenters. The quantitative estimate of drug-likeness (QED) is 0.753. The first-order valence-electron chi connectivity index (χ1n) is 4.56. The molecule has 2 nitrogen and oxygen atoms in total. The molecule has 0 spiro atoms. The van der Waals surface area contributed by atoms with Crippen LogP contribution in [0.5, 0.6) is 0 Å². The molecule has 0 amide bonds. The van der Waals surface area contributed by atoms with Gasteiger partial charge in [0.2, 0.25) is 0 Å². The third kappa shape index (κ3) is 1.85. The molecule has 2 aromatic rings. The van der Waals surface area contributed by atoms with Gasteiger partial charge in [-0.05, 0) is 31.5 Å². The number of aromatic nitrogens is 1. The number of nitrogens with zero attached hydrogens (tertiary/aromatic N) is 1. The molecule has 0 aliphatic carbocycles. The Labute approximate surface area is 91.6 Å². The molecule has 78 valence electrons. The lowest BCUT2D eigenvalue weighted by molar-refractivity contribution is 0.623. The molecule has 1 aromatic heterocycles. The van der Waals surface area contributed by atoms with Gasteiger partial charge in [0.15, 0.2) is 0 Å². The summed E-state index contributed by atoms with van der Waals surface area (Å²) in [6.07, 6.45) is 0. The number of nitrogen functional groups attached to an aromatic ring is 1. The predicted molar refractivity (Wildman–Crippen MR) is 61.4 cm³/mol. The van der Waals surface area contributed by atoms with Crippen molar-refractivity contribution in [3.05, 3.63) is 33.9 Å². The molecule has 2 rings (SSSR count). The molecule has 0 aliphatic heterocycles. The van der Waals surface area contributed by atoms with Crippen molar-refractivity contribution in [2.24, 2.45) is 0 Å². The highest BCUT2D eigenvalue weighted by atomic mass is 32.1. The van der Waals surface area contributed by atoms with Crippen molar-refractivity contribution < 1.29 is 4.39 Å². The minimum Gasteiger partial charge on any atom is -0.396 e. The second-order valence-corrected chi connectivity index (χ2v) is 4.51. The average Bonchev–Trinajstić information content (AvgIpc) is 2.60. The van der Waals surface area contributed by atoms with Crippen LogP contribution in [-0.4, -0.2) is 4.98 Å². The van der Waals surface area contributed by atoms with Gasteiger partial charge in [-0.3, -0.25) is 0 Å². The summed E-state index contributed by atoms with van der Waals surface area (Å²) in [6.45, 7) is 3.64. The molecule has 1 aromatic carbocycles. The van der Waals surface area contributed by atoms with Crippen molar-refractivity contribution >= 4 is 17.0 Å². The van der Waals surface area contributed by atoms with Crippen LogP contribution in [0.4, 0.5) is 10.1 Å². The van der Waals surface area contributed by atoms with Gasteiger partial charge in [-0.15, -0.1) is 11.3 Å². The molecule has 0 bridgehead atoms. The predicted octanol–water partition coefficient (Wildman–Crippen LogP) is 3.15. The zero-order valence-corrected chi connectivity index (χ0v) is 9.36. The first kappa shape index (κ1) is 10.1. The van der Waals surface area contributed by atoms with Crippen molar-refractivity contribution in [3.8, 4) is 11.3 Å². The number of hydrogen-bond donors (Lipinski definition) is 1. The molecule has 15 heavy (non-hydrogen) atoms. The Bertz CT molecular complexity index is 482. The van der Waals surface area contributed by atoms with Crippen LogP contribution in [0.3, 0.4) is 0 Å². The highest BCUT2D eigenvalue weighted by Gasteiger charge is 2.08. The van der Waals surface area contributed by atoms with Gasteiger partial charge in [-0.1, -0.05) is 0 Å². The standard InChI is InChI=1S/C11H11FN2S/c1-6-3-8(4-9(13)11(6)12)10-5-15-7(2)14-10/h3-5H,13H2,1-2H3. The minimum absolute atomic E-state index is 0.177. The van der Waals surface area contributed by atoms with Crippen LogP contribution in [0, 0.1) is 19.7 Å². The van der Waals surface area contributed by atoms with Gasteiger partial charge in [0.1, 0.15) is 5.82 Å². The molecule has 0 fully saturated rings. The van der Waals surface area contributed by atoms with E-state index in [9.17, 15) is 4.39 Å². The largest absolute Gasteiger partial charge is 0.396 e. The summed E-state index contributed by atoms with van der Waals surface area (Å²) in [6, 6.07) is 3.39. The van der Waals surface area contributed by atoms with Crippen LogP contribution >= 0.6 is 11.3 Å². The van der Waals surface area contributed by atoms with E-state index in [0.29, 0.717) is 5.56 Å². The monoisotopic (exact) mass is 222 g/mol. The second-order valence-electron chi connectivity index (χ2n) is 3.45. The van der Waals surface area contributed by atoms with Gasteiger partial charge in [0.25, 0.3) is 0 Å². The molecule has 0 saturated carbocycles. The second kappa shape index (κ2) is 3.62. The summed E-state index contributed by atoms with van der Waals surface area (Å²) in [5.74, 6) is -0.342. The summed E-state index contributed by atoms with van der Waals surface area (Å²) in [5.41, 5.74) is 8.02. The number of benzene rings is 1. The van der Waals surface area contributed by atoms with E-state index in [-0.39, 0.29) is 11.5 Å². The zero-order valence-electron chi connectivity index (χ0n) is 8.54. The average molecular weight is 222 g/mol. The third-order valence-electron chi connectivity index (χ3n) is 2.20. The van der Waals surface area contributed by atoms with Gasteiger partial charge < -0.3 is 5.73 Å². The van der Waals surface area contributed by atoms with E-state index in [1.54, 1.807) is 30.4 Å². The Balaban J connectivity index is 2.55. The van der Waals surface area contributed by atoms with Crippen LogP contribution in [0.1, 0.15) is 10.6 Å². The van der Waals surface area contributed by atoms with Crippen LogP contribution in [0.15, 0.2) is 17.5 Å². The molecule has 0 saturated heterocycles. The molecule has 0 aliphatic rings. The normalized spacial score (nSPS) is 10.6. The first-order valence-corrected chi connectivity index (χ1v) is 5.44. The highest BCUT2D eigenvalue weighted by Crippen LogP contribution is 2.26. The summed E-state index contributed by atoms with van der Waals surface area (Å²) >= 11 is 1.57. The van der Waals surface area contributed by atoms with E-state index in [4.69, 9.17) is 5.73 Å². The number of hydrogen-bond acceptors (Lipinski definition) is 3. The van der Waals surface area contributed by atoms with E-state index in [1.165, 1.54) is 0 Å². The maximum Gasteiger partial charge on any atom is 0.149 e. The first-order chi connectivity index (χ1) is 7.08. The van der Waals surface area contributed by atoms with Crippen LogP contribution in [0.25, 0.3) is 11.3 Å². The van der Waals surface area contributed by atoms with Gasteiger partial charge in [0.05, 0.1) is 16.4 Å². The van der Waals surface area contributed by atoms with Gasteiger partial charge in [-0.25, -0.2) is 9.37 Å². The fourth-order valence-corrected chi connectivity index (χ4v) is 2.06. The van der Waals surface area contributed by atoms with E-state index >= 15 is 0 Å². The summed E-state index contributed by atoms with van der Waals surface area (Å²) in [7, 11) is 0. The zero-order chi connectivity index (χ0) is 11.0. The van der Waals surface area contributed by atoms with Crippen molar-refractivity contribution in [3.63, 3.8) is 0 Å². The van der Waals surface area contributed by atoms with E-state index < -0.39 is 0 Å². The Morgan fingerprint density at radius 3 is 2.60 bits per heavy atom. The van der Waals surface area contributed by atoms with Gasteiger partial charge >= 0.3 is 0 Å². The maximum absolute atomic E-state index is 13.3. The van der Waals surface area contributed by atoms with E-state index in [1.807, 2.05) is 12.3 Å². The number of aryl methyl sites for hydroxylation is 2. The highest BCUT2D eigenvalue weighted by molar-refractivity contribution is 7.09. The van der Waals surface area contributed by atoms with Gasteiger partial charge in [0, 0.05) is 10.9 Å².